The van der Waals surface area contributed by atoms with E-state index in [1.54, 1.807) is 4.90 Å². The van der Waals surface area contributed by atoms with Gasteiger partial charge in [0.1, 0.15) is 10.0 Å². The fourth-order valence-electron chi connectivity index (χ4n) is 4.20. The summed E-state index contributed by atoms with van der Waals surface area (Å²) in [6.07, 6.45) is 3.72. The Labute approximate surface area is 182 Å². The number of nitrogens with zero attached hydrogens (tertiary/aromatic N) is 1. The molecule has 0 aromatic heterocycles. The Balaban J connectivity index is 1.79. The maximum atomic E-state index is 13.1. The molecule has 1 aromatic rings. The van der Waals surface area contributed by atoms with Crippen LogP contribution < -0.4 is 5.46 Å². The van der Waals surface area contributed by atoms with Crippen LogP contribution in [-0.2, 0) is 18.5 Å². The molecule has 4 rings (SSSR count). The molecule has 1 amide bonds. The minimum Gasteiger partial charge on any atom is -0.444 e. The number of halogens is 1. The summed E-state index contributed by atoms with van der Waals surface area (Å²) < 4.78 is 17.7. The van der Waals surface area contributed by atoms with E-state index in [4.69, 9.17) is 14.0 Å². The molecule has 1 aromatic carbocycles. The second kappa shape index (κ2) is 6.11. The van der Waals surface area contributed by atoms with Crippen molar-refractivity contribution in [1.29, 1.82) is 0 Å². The van der Waals surface area contributed by atoms with Gasteiger partial charge in [0.05, 0.1) is 17.2 Å². The number of fused-ring (bicyclic) bond motifs is 5. The van der Waals surface area contributed by atoms with Crippen LogP contribution in [-0.4, -0.2) is 34.9 Å². The molecule has 0 N–H and O–H groups in total. The molecular formula is C22H29BBrNO4. The smallest absolute Gasteiger partial charge is 0.444 e. The normalized spacial score (nSPS) is 28.8. The Morgan fingerprint density at radius 1 is 1.17 bits per heavy atom. The molecule has 0 aliphatic carbocycles. The van der Waals surface area contributed by atoms with Crippen LogP contribution in [0.4, 0.5) is 4.79 Å². The largest absolute Gasteiger partial charge is 0.495 e. The van der Waals surface area contributed by atoms with E-state index in [2.05, 4.69) is 35.0 Å². The lowest BCUT2D eigenvalue weighted by molar-refractivity contribution is 0.00578. The fraction of sp³-hybridized carbons (Fsp3) is 0.591. The summed E-state index contributed by atoms with van der Waals surface area (Å²) in [4.78, 5) is 14.9. The third kappa shape index (κ3) is 3.08. The van der Waals surface area contributed by atoms with E-state index < -0.39 is 28.4 Å². The van der Waals surface area contributed by atoms with Crippen LogP contribution in [0, 0.1) is 6.92 Å². The number of rotatable bonds is 1. The fourth-order valence-corrected chi connectivity index (χ4v) is 5.05. The van der Waals surface area contributed by atoms with Gasteiger partial charge >= 0.3 is 13.2 Å². The van der Waals surface area contributed by atoms with Gasteiger partial charge in [-0.05, 0) is 78.1 Å². The molecule has 156 valence electrons. The quantitative estimate of drug-likeness (QED) is 0.263. The Bertz CT molecular complexity index is 904. The molecule has 1 saturated heterocycles. The molecular weight excluding hydrogens is 433 g/mol. The van der Waals surface area contributed by atoms with Crippen LogP contribution in [0.15, 0.2) is 24.3 Å². The molecule has 3 heterocycles. The molecule has 3 aliphatic heterocycles. The van der Waals surface area contributed by atoms with E-state index in [0.717, 1.165) is 22.2 Å². The molecule has 2 bridgehead atoms. The van der Waals surface area contributed by atoms with Gasteiger partial charge in [-0.25, -0.2) is 4.79 Å². The van der Waals surface area contributed by atoms with Crippen LogP contribution in [0.5, 0.6) is 0 Å². The Morgan fingerprint density at radius 2 is 1.76 bits per heavy atom. The molecule has 3 aliphatic rings. The van der Waals surface area contributed by atoms with Crippen LogP contribution >= 0.6 is 15.9 Å². The van der Waals surface area contributed by atoms with Crippen molar-refractivity contribution in [1.82, 2.24) is 4.90 Å². The van der Waals surface area contributed by atoms with Crippen molar-refractivity contribution in [2.45, 2.75) is 82.7 Å². The average molecular weight is 462 g/mol. The minimum absolute atomic E-state index is 0.228. The number of hydrogen-bond donors (Lipinski definition) is 0. The van der Waals surface area contributed by atoms with Gasteiger partial charge in [-0.15, -0.1) is 0 Å². The van der Waals surface area contributed by atoms with E-state index in [1.807, 2.05) is 60.6 Å². The zero-order valence-corrected chi connectivity index (χ0v) is 20.0. The highest BCUT2D eigenvalue weighted by atomic mass is 79.9. The summed E-state index contributed by atoms with van der Waals surface area (Å²) in [6.45, 7) is 15.9. The standard InChI is InChI=1S/C22H29BBrNO4/c1-13-11-14-17(15(12-13)23-28-20(5,6)21(7,8)29-23)16-9-10-22(14,24)25(16)18(26)27-19(2,3)4/h9-12,16H,1-8H3. The Hall–Kier alpha value is -1.31. The second-order valence-corrected chi connectivity index (χ2v) is 11.4. The third-order valence-electron chi connectivity index (χ3n) is 6.26. The first-order valence-corrected chi connectivity index (χ1v) is 10.9. The lowest BCUT2D eigenvalue weighted by Gasteiger charge is -2.32. The van der Waals surface area contributed by atoms with Crippen molar-refractivity contribution < 1.29 is 18.8 Å². The average Bonchev–Trinajstić information content (AvgIpc) is 3.08. The van der Waals surface area contributed by atoms with E-state index in [0.29, 0.717) is 0 Å². The molecule has 5 nitrogen and oxygen atoms in total. The van der Waals surface area contributed by atoms with Gasteiger partial charge in [-0.2, -0.15) is 0 Å². The number of carbonyl (C=O) groups excluding carboxylic acids is 1. The first kappa shape index (κ1) is 20.9. The minimum atomic E-state index is -0.722. The Kier molecular flexibility index (Phi) is 4.42. The lowest BCUT2D eigenvalue weighted by atomic mass is 9.72. The van der Waals surface area contributed by atoms with Gasteiger partial charge in [-0.3, -0.25) is 4.90 Å². The van der Waals surface area contributed by atoms with Crippen molar-refractivity contribution in [3.8, 4) is 0 Å². The van der Waals surface area contributed by atoms with Gasteiger partial charge < -0.3 is 14.0 Å². The summed E-state index contributed by atoms with van der Waals surface area (Å²) in [7, 11) is -0.488. The van der Waals surface area contributed by atoms with E-state index in [1.165, 1.54) is 0 Å². The third-order valence-corrected chi connectivity index (χ3v) is 7.33. The van der Waals surface area contributed by atoms with Crippen LogP contribution in [0.3, 0.4) is 0 Å². The summed E-state index contributed by atoms with van der Waals surface area (Å²) in [5, 5.41) is 0. The zero-order valence-electron chi connectivity index (χ0n) is 18.4. The molecule has 0 spiro atoms. The van der Waals surface area contributed by atoms with Gasteiger partial charge in [0.2, 0.25) is 0 Å². The zero-order chi connectivity index (χ0) is 21.6. The second-order valence-electron chi connectivity index (χ2n) is 10.2. The SMILES string of the molecule is Cc1cc(B2OC(C)(C)C(C)(C)O2)c2c(c1)C1(Br)C=CC2N1C(=O)OC(C)(C)C. The van der Waals surface area contributed by atoms with Crippen molar-refractivity contribution in [2.24, 2.45) is 0 Å². The number of hydrogen-bond acceptors (Lipinski definition) is 4. The van der Waals surface area contributed by atoms with Crippen molar-refractivity contribution in [3.63, 3.8) is 0 Å². The van der Waals surface area contributed by atoms with E-state index in [-0.39, 0.29) is 12.1 Å². The van der Waals surface area contributed by atoms with E-state index >= 15 is 0 Å². The topological polar surface area (TPSA) is 48.0 Å². The number of ether oxygens (including phenoxy) is 1. The maximum absolute atomic E-state index is 13.1. The van der Waals surface area contributed by atoms with E-state index in [9.17, 15) is 4.79 Å². The molecule has 0 radical (unpaired) electrons. The highest BCUT2D eigenvalue weighted by Crippen LogP contribution is 2.56. The highest BCUT2D eigenvalue weighted by molar-refractivity contribution is 9.09. The monoisotopic (exact) mass is 461 g/mol. The Morgan fingerprint density at radius 3 is 2.31 bits per heavy atom. The molecule has 2 unspecified atom stereocenters. The van der Waals surface area contributed by atoms with Crippen molar-refractivity contribution in [2.75, 3.05) is 0 Å². The van der Waals surface area contributed by atoms with Gasteiger partial charge in [0, 0.05) is 0 Å². The van der Waals surface area contributed by atoms with Gasteiger partial charge in [0.15, 0.2) is 0 Å². The number of carbonyl (C=O) groups is 1. The maximum Gasteiger partial charge on any atom is 0.495 e. The van der Waals surface area contributed by atoms with Crippen LogP contribution in [0.2, 0.25) is 0 Å². The summed E-state index contributed by atoms with van der Waals surface area (Å²) in [5.74, 6) is 0. The lowest BCUT2D eigenvalue weighted by Crippen LogP contribution is -2.41. The van der Waals surface area contributed by atoms with Crippen LogP contribution in [0.1, 0.15) is 71.2 Å². The first-order chi connectivity index (χ1) is 13.2. The van der Waals surface area contributed by atoms with Crippen molar-refractivity contribution in [3.05, 3.63) is 41.0 Å². The molecule has 2 atom stereocenters. The molecule has 1 fully saturated rings. The number of alkyl halides is 1. The van der Waals surface area contributed by atoms with Crippen molar-refractivity contribution >= 4 is 34.6 Å². The molecule has 0 saturated carbocycles. The van der Waals surface area contributed by atoms with Gasteiger partial charge in [0.25, 0.3) is 0 Å². The summed E-state index contributed by atoms with van der Waals surface area (Å²) in [5.41, 5.74) is 2.73. The predicted molar refractivity (Wildman–Crippen MR) is 117 cm³/mol. The number of amides is 1. The number of aryl methyl sites for hydroxylation is 1. The molecule has 7 heteroatoms. The summed E-state index contributed by atoms with van der Waals surface area (Å²) >= 11 is 3.84. The number of benzene rings is 1. The highest BCUT2D eigenvalue weighted by Gasteiger charge is 2.58. The summed E-state index contributed by atoms with van der Waals surface area (Å²) in [6, 6.07) is 4.01. The first-order valence-electron chi connectivity index (χ1n) is 10.1. The van der Waals surface area contributed by atoms with Crippen LogP contribution in [0.25, 0.3) is 0 Å². The predicted octanol–water partition coefficient (Wildman–Crippen LogP) is 4.70. The van der Waals surface area contributed by atoms with Gasteiger partial charge in [-0.1, -0.05) is 39.7 Å². The molecule has 29 heavy (non-hydrogen) atoms.